The number of furan rings is 1. The van der Waals surface area contributed by atoms with Gasteiger partial charge in [0, 0.05) is 38.3 Å². The molecule has 0 amide bonds. The third-order valence-electron chi connectivity index (χ3n) is 7.14. The van der Waals surface area contributed by atoms with Crippen molar-refractivity contribution in [2.45, 2.75) is 39.7 Å². The van der Waals surface area contributed by atoms with Gasteiger partial charge in [0.2, 0.25) is 0 Å². The van der Waals surface area contributed by atoms with Crippen LogP contribution in [0.2, 0.25) is 0 Å². The van der Waals surface area contributed by atoms with Crippen molar-refractivity contribution in [3.05, 3.63) is 84.2 Å². The van der Waals surface area contributed by atoms with Crippen LogP contribution in [-0.4, -0.2) is 55.3 Å². The second-order valence-electron chi connectivity index (χ2n) is 10.1. The van der Waals surface area contributed by atoms with Gasteiger partial charge in [0.1, 0.15) is 5.76 Å². The smallest absolute Gasteiger partial charge is 0.338 e. The Kier molecular flexibility index (Phi) is 7.40. The van der Waals surface area contributed by atoms with Crippen molar-refractivity contribution in [1.29, 1.82) is 0 Å². The maximum atomic E-state index is 13.8. The lowest BCUT2D eigenvalue weighted by Gasteiger charge is -2.32. The van der Waals surface area contributed by atoms with E-state index in [4.69, 9.17) is 9.15 Å². The maximum Gasteiger partial charge on any atom is 0.338 e. The summed E-state index contributed by atoms with van der Waals surface area (Å²) in [5.41, 5.74) is 2.77. The quantitative estimate of drug-likeness (QED) is 0.452. The highest BCUT2D eigenvalue weighted by atomic mass is 32.1. The number of hydrogen-bond donors (Lipinski definition) is 0. The van der Waals surface area contributed by atoms with Crippen molar-refractivity contribution >= 4 is 29.3 Å². The van der Waals surface area contributed by atoms with Gasteiger partial charge in [-0.1, -0.05) is 49.4 Å². The fourth-order valence-electron chi connectivity index (χ4n) is 4.92. The molecule has 1 atom stereocenters. The van der Waals surface area contributed by atoms with Gasteiger partial charge in [-0.15, -0.1) is 0 Å². The molecule has 1 saturated heterocycles. The zero-order chi connectivity index (χ0) is 27.0. The number of benzene rings is 1. The molecule has 9 heteroatoms. The summed E-state index contributed by atoms with van der Waals surface area (Å²) in [6, 6.07) is 11.3. The highest BCUT2D eigenvalue weighted by Gasteiger charge is 2.33. The van der Waals surface area contributed by atoms with Crippen LogP contribution in [0.5, 0.6) is 0 Å². The molecule has 38 heavy (non-hydrogen) atoms. The molecule has 1 fully saturated rings. The number of anilines is 1. The predicted molar refractivity (Wildman–Crippen MR) is 149 cm³/mol. The van der Waals surface area contributed by atoms with Gasteiger partial charge in [-0.25, -0.2) is 9.79 Å². The average molecular weight is 535 g/mol. The van der Waals surface area contributed by atoms with Crippen LogP contribution in [0.1, 0.15) is 56.5 Å². The van der Waals surface area contributed by atoms with Gasteiger partial charge in [0.15, 0.2) is 10.7 Å². The number of aromatic nitrogens is 1. The van der Waals surface area contributed by atoms with Crippen LogP contribution < -0.4 is 19.8 Å². The maximum absolute atomic E-state index is 13.8. The average Bonchev–Trinajstić information content (AvgIpc) is 3.48. The molecule has 0 unspecified atom stereocenters. The minimum Gasteiger partial charge on any atom is -0.463 e. The molecule has 2 aromatic heterocycles. The van der Waals surface area contributed by atoms with Gasteiger partial charge in [-0.05, 0) is 44.0 Å². The first-order chi connectivity index (χ1) is 18.3. The Labute approximate surface area is 226 Å². The van der Waals surface area contributed by atoms with E-state index in [0.29, 0.717) is 32.3 Å². The zero-order valence-corrected chi connectivity index (χ0v) is 23.4. The summed E-state index contributed by atoms with van der Waals surface area (Å²) in [5.74, 6) is 1.34. The summed E-state index contributed by atoms with van der Waals surface area (Å²) in [5, 5.41) is 0. The highest BCUT2D eigenvalue weighted by Crippen LogP contribution is 2.31. The molecule has 0 bridgehead atoms. The van der Waals surface area contributed by atoms with Crippen LogP contribution in [-0.2, 0) is 9.53 Å². The number of ether oxygens (including phenoxy) is 1. The molecule has 3 aromatic rings. The minimum atomic E-state index is -0.619. The molecular formula is C29H34N4O4S. The second-order valence-corrected chi connectivity index (χ2v) is 11.1. The first-order valence-electron chi connectivity index (χ1n) is 13.1. The Hall–Kier alpha value is -3.43. The summed E-state index contributed by atoms with van der Waals surface area (Å²) in [4.78, 5) is 36.6. The number of allylic oxidation sites excluding steroid dienone is 1. The van der Waals surface area contributed by atoms with Crippen molar-refractivity contribution in [3.8, 4) is 0 Å². The van der Waals surface area contributed by atoms with Crippen molar-refractivity contribution in [1.82, 2.24) is 9.47 Å². The van der Waals surface area contributed by atoms with Crippen LogP contribution in [0.25, 0.3) is 6.08 Å². The molecule has 200 valence electrons. The number of likely N-dealkylation sites (N-methyl/N-ethyl adjacent to an activating group) is 1. The largest absolute Gasteiger partial charge is 0.463 e. The fraction of sp³-hybridized carbons (Fsp3) is 0.414. The highest BCUT2D eigenvalue weighted by molar-refractivity contribution is 7.07. The topological polar surface area (TPSA) is 80.3 Å². The van der Waals surface area contributed by atoms with E-state index in [1.807, 2.05) is 24.3 Å². The molecule has 2 aliphatic rings. The number of esters is 1. The molecule has 0 saturated carbocycles. The summed E-state index contributed by atoms with van der Waals surface area (Å²) < 4.78 is 13.6. The van der Waals surface area contributed by atoms with Crippen molar-refractivity contribution in [2.24, 2.45) is 4.99 Å². The Morgan fingerprint density at radius 1 is 1.16 bits per heavy atom. The number of thiazole rings is 1. The predicted octanol–water partition coefficient (Wildman–Crippen LogP) is 3.27. The van der Waals surface area contributed by atoms with E-state index in [1.54, 1.807) is 24.5 Å². The van der Waals surface area contributed by atoms with Gasteiger partial charge in [-0.2, -0.15) is 0 Å². The van der Waals surface area contributed by atoms with Gasteiger partial charge < -0.3 is 19.0 Å². The lowest BCUT2D eigenvalue weighted by atomic mass is 9.93. The van der Waals surface area contributed by atoms with Crippen LogP contribution in [0.15, 0.2) is 61.9 Å². The van der Waals surface area contributed by atoms with Gasteiger partial charge in [0.25, 0.3) is 5.56 Å². The molecule has 2 aliphatic heterocycles. The van der Waals surface area contributed by atoms with E-state index in [2.05, 4.69) is 47.8 Å². The molecule has 0 spiro atoms. The molecule has 0 N–H and O–H groups in total. The molecule has 0 radical (unpaired) electrons. The first kappa shape index (κ1) is 26.2. The van der Waals surface area contributed by atoms with E-state index in [-0.39, 0.29) is 12.2 Å². The number of carbonyl (C=O) groups is 1. The van der Waals surface area contributed by atoms with Crippen molar-refractivity contribution in [3.63, 3.8) is 0 Å². The number of hydrogen-bond acceptors (Lipinski definition) is 8. The summed E-state index contributed by atoms with van der Waals surface area (Å²) >= 11 is 1.30. The summed E-state index contributed by atoms with van der Waals surface area (Å²) in [6.45, 7) is 11.8. The molecule has 4 heterocycles. The Morgan fingerprint density at radius 2 is 1.87 bits per heavy atom. The number of nitrogens with zero attached hydrogens (tertiary/aromatic N) is 4. The van der Waals surface area contributed by atoms with E-state index in [0.717, 1.165) is 37.6 Å². The summed E-state index contributed by atoms with van der Waals surface area (Å²) in [6.07, 6.45) is 1.77. The van der Waals surface area contributed by atoms with Gasteiger partial charge >= 0.3 is 5.97 Å². The van der Waals surface area contributed by atoms with E-state index in [1.165, 1.54) is 16.9 Å². The normalized spacial score (nSPS) is 18.6. The summed E-state index contributed by atoms with van der Waals surface area (Å²) in [7, 11) is 2.12. The number of rotatable bonds is 6. The Balaban J connectivity index is 1.57. The molecule has 5 rings (SSSR count). The lowest BCUT2D eigenvalue weighted by molar-refractivity contribution is -0.139. The molecule has 1 aromatic carbocycles. The third-order valence-corrected chi connectivity index (χ3v) is 8.12. The Bertz CT molecular complexity index is 1540. The monoisotopic (exact) mass is 534 g/mol. The molecular weight excluding hydrogens is 500 g/mol. The van der Waals surface area contributed by atoms with Crippen LogP contribution in [0.3, 0.4) is 0 Å². The van der Waals surface area contributed by atoms with Crippen molar-refractivity contribution < 1.29 is 13.9 Å². The number of carbonyl (C=O) groups excluding carboxylic acids is 1. The lowest BCUT2D eigenvalue weighted by Crippen LogP contribution is -2.44. The van der Waals surface area contributed by atoms with Crippen LogP contribution in [0, 0.1) is 0 Å². The molecule has 8 nitrogen and oxygen atoms in total. The number of piperazine rings is 1. The zero-order valence-electron chi connectivity index (χ0n) is 22.6. The SMILES string of the molecule is CCOC(=O)C1=C(C)N=c2sc(=Cc3ccc(N4CCN(C)CC4)o3)c(=O)n2[C@@H]1c1ccc(C(C)C)cc1. The van der Waals surface area contributed by atoms with E-state index in [9.17, 15) is 9.59 Å². The van der Waals surface area contributed by atoms with E-state index >= 15 is 0 Å². The van der Waals surface area contributed by atoms with Crippen LogP contribution in [0.4, 0.5) is 5.88 Å². The third kappa shape index (κ3) is 5.00. The molecule has 0 aliphatic carbocycles. The minimum absolute atomic E-state index is 0.210. The standard InChI is InChI=1S/C29H34N4O4S/c1-6-36-28(35)25-19(4)30-29-33(26(25)21-9-7-20(8-10-21)18(2)3)27(34)23(38-29)17-22-11-12-24(37-22)32-15-13-31(5)14-16-32/h7-12,17-18,26H,6,13-16H2,1-5H3/t26-/m1/s1. The first-order valence-corrected chi connectivity index (χ1v) is 13.9. The fourth-order valence-corrected chi connectivity index (χ4v) is 5.94. The van der Waals surface area contributed by atoms with Crippen LogP contribution >= 0.6 is 11.3 Å². The Morgan fingerprint density at radius 3 is 2.53 bits per heavy atom. The van der Waals surface area contributed by atoms with Crippen molar-refractivity contribution in [2.75, 3.05) is 44.7 Å². The van der Waals surface area contributed by atoms with Gasteiger partial charge in [0.05, 0.1) is 28.5 Å². The van der Waals surface area contributed by atoms with Gasteiger partial charge in [-0.3, -0.25) is 9.36 Å². The number of fused-ring (bicyclic) bond motifs is 1. The van der Waals surface area contributed by atoms with E-state index < -0.39 is 12.0 Å². The second kappa shape index (κ2) is 10.7.